The van der Waals surface area contributed by atoms with Crippen molar-refractivity contribution in [3.8, 4) is 17.1 Å². The van der Waals surface area contributed by atoms with Crippen molar-refractivity contribution >= 4 is 16.7 Å². The third kappa shape index (κ3) is 4.40. The Labute approximate surface area is 192 Å². The van der Waals surface area contributed by atoms with Gasteiger partial charge in [-0.3, -0.25) is 14.6 Å². The summed E-state index contributed by atoms with van der Waals surface area (Å²) < 4.78 is 10.7. The number of para-hydroxylation sites is 1. The van der Waals surface area contributed by atoms with E-state index in [1.54, 1.807) is 7.11 Å². The summed E-state index contributed by atoms with van der Waals surface area (Å²) in [5.74, 6) is 2.11. The molecule has 1 saturated heterocycles. The molecule has 1 fully saturated rings. The van der Waals surface area contributed by atoms with E-state index in [0.717, 1.165) is 54.0 Å². The zero-order chi connectivity index (χ0) is 22.8. The molecule has 2 aromatic carbocycles. The maximum absolute atomic E-state index is 13.2. The number of Topliss-reactive ketones (excluding diaryl/α,β-unsaturated/α-hetero) is 1. The number of nitrogens with zero attached hydrogens (tertiary/aromatic N) is 4. The number of carbonyl (C=O) groups excluding carboxylic acids is 1. The van der Waals surface area contributed by atoms with Gasteiger partial charge in [0, 0.05) is 54.4 Å². The molecule has 8 heteroatoms. The van der Waals surface area contributed by atoms with Crippen molar-refractivity contribution in [2.75, 3.05) is 33.3 Å². The molecule has 1 aliphatic rings. The number of aromatic amines is 1. The van der Waals surface area contributed by atoms with Crippen LogP contribution in [0.25, 0.3) is 22.3 Å². The molecule has 1 atom stereocenters. The molecule has 3 heterocycles. The van der Waals surface area contributed by atoms with Crippen LogP contribution in [0.3, 0.4) is 0 Å². The number of fused-ring (bicyclic) bond motifs is 1. The molecule has 33 heavy (non-hydrogen) atoms. The lowest BCUT2D eigenvalue weighted by Crippen LogP contribution is -2.51. The molecule has 170 valence electrons. The van der Waals surface area contributed by atoms with E-state index >= 15 is 0 Å². The van der Waals surface area contributed by atoms with E-state index in [2.05, 4.69) is 24.9 Å². The van der Waals surface area contributed by atoms with Crippen molar-refractivity contribution in [3.05, 3.63) is 66.2 Å². The molecule has 0 bridgehead atoms. The molecule has 1 aliphatic heterocycles. The maximum atomic E-state index is 13.2. The molecule has 0 radical (unpaired) electrons. The van der Waals surface area contributed by atoms with Gasteiger partial charge in [0.25, 0.3) is 0 Å². The quantitative estimate of drug-likeness (QED) is 0.435. The number of piperazine rings is 1. The van der Waals surface area contributed by atoms with Gasteiger partial charge in [-0.1, -0.05) is 23.4 Å². The molecule has 0 saturated carbocycles. The highest BCUT2D eigenvalue weighted by Gasteiger charge is 2.28. The summed E-state index contributed by atoms with van der Waals surface area (Å²) in [6.45, 7) is 5.90. The fourth-order valence-electron chi connectivity index (χ4n) is 4.34. The van der Waals surface area contributed by atoms with Gasteiger partial charge < -0.3 is 14.2 Å². The summed E-state index contributed by atoms with van der Waals surface area (Å²) in [5, 5.41) is 5.10. The standard InChI is InChI=1S/C25H27N5O3/c1-17(24(31)21-15-26-22-6-4-3-5-20(21)22)30-13-11-29(12-14-30)16-23-27-25(28-33-23)18-7-9-19(32-2)10-8-18/h3-10,15,17,26H,11-14,16H2,1-2H3. The number of benzene rings is 2. The van der Waals surface area contributed by atoms with Crippen molar-refractivity contribution in [3.63, 3.8) is 0 Å². The number of hydrogen-bond acceptors (Lipinski definition) is 7. The third-order valence-corrected chi connectivity index (χ3v) is 6.36. The lowest BCUT2D eigenvalue weighted by molar-refractivity contribution is 0.0666. The van der Waals surface area contributed by atoms with E-state index in [-0.39, 0.29) is 11.8 Å². The van der Waals surface area contributed by atoms with Crippen LogP contribution in [-0.4, -0.2) is 70.0 Å². The first-order valence-electron chi connectivity index (χ1n) is 11.2. The monoisotopic (exact) mass is 445 g/mol. The molecule has 8 nitrogen and oxygen atoms in total. The molecular formula is C25H27N5O3. The second-order valence-electron chi connectivity index (χ2n) is 8.34. The Balaban J connectivity index is 1.17. The van der Waals surface area contributed by atoms with Gasteiger partial charge >= 0.3 is 0 Å². The van der Waals surface area contributed by atoms with Gasteiger partial charge in [-0.25, -0.2) is 0 Å². The fourth-order valence-corrected chi connectivity index (χ4v) is 4.34. The van der Waals surface area contributed by atoms with Gasteiger partial charge in [-0.15, -0.1) is 0 Å². The van der Waals surface area contributed by atoms with E-state index in [4.69, 9.17) is 9.26 Å². The highest BCUT2D eigenvalue weighted by Crippen LogP contribution is 2.22. The number of nitrogens with one attached hydrogen (secondary N) is 1. The number of aromatic nitrogens is 3. The van der Waals surface area contributed by atoms with Crippen molar-refractivity contribution in [2.45, 2.75) is 19.5 Å². The zero-order valence-electron chi connectivity index (χ0n) is 18.8. The van der Waals surface area contributed by atoms with Crippen LogP contribution in [0.15, 0.2) is 59.3 Å². The molecule has 1 N–H and O–H groups in total. The van der Waals surface area contributed by atoms with Crippen LogP contribution in [-0.2, 0) is 6.54 Å². The van der Waals surface area contributed by atoms with Gasteiger partial charge in [0.05, 0.1) is 19.7 Å². The predicted octanol–water partition coefficient (Wildman–Crippen LogP) is 3.62. The van der Waals surface area contributed by atoms with E-state index in [1.165, 1.54) is 0 Å². The summed E-state index contributed by atoms with van der Waals surface area (Å²) in [5.41, 5.74) is 2.64. The summed E-state index contributed by atoms with van der Waals surface area (Å²) in [6, 6.07) is 15.3. The SMILES string of the molecule is COc1ccc(-c2noc(CN3CCN(C(C)C(=O)c4c[nH]c5ccccc45)CC3)n2)cc1. The summed E-state index contributed by atoms with van der Waals surface area (Å²) in [4.78, 5) is 25.4. The van der Waals surface area contributed by atoms with Crippen molar-refractivity contribution in [1.82, 2.24) is 24.9 Å². The number of H-pyrrole nitrogens is 1. The average molecular weight is 446 g/mol. The third-order valence-electron chi connectivity index (χ3n) is 6.36. The first-order chi connectivity index (χ1) is 16.1. The van der Waals surface area contributed by atoms with Crippen LogP contribution in [0.1, 0.15) is 23.2 Å². The Morgan fingerprint density at radius 3 is 2.64 bits per heavy atom. The molecule has 1 unspecified atom stereocenters. The van der Waals surface area contributed by atoms with Gasteiger partial charge in [0.2, 0.25) is 11.7 Å². The minimum absolute atomic E-state index is 0.155. The number of hydrogen-bond donors (Lipinski definition) is 1. The van der Waals surface area contributed by atoms with Crippen molar-refractivity contribution in [2.24, 2.45) is 0 Å². The highest BCUT2D eigenvalue weighted by molar-refractivity contribution is 6.10. The fraction of sp³-hybridized carbons (Fsp3) is 0.320. The number of ketones is 1. The second kappa shape index (κ2) is 9.17. The summed E-state index contributed by atoms with van der Waals surface area (Å²) >= 11 is 0. The number of ether oxygens (including phenoxy) is 1. The molecule has 0 amide bonds. The molecule has 5 rings (SSSR count). The number of carbonyl (C=O) groups is 1. The maximum Gasteiger partial charge on any atom is 0.241 e. The Morgan fingerprint density at radius 1 is 1.12 bits per heavy atom. The second-order valence-corrected chi connectivity index (χ2v) is 8.34. The predicted molar refractivity (Wildman–Crippen MR) is 125 cm³/mol. The molecule has 2 aromatic heterocycles. The molecular weight excluding hydrogens is 418 g/mol. The average Bonchev–Trinajstić information content (AvgIpc) is 3.51. The van der Waals surface area contributed by atoms with Crippen LogP contribution in [0.4, 0.5) is 0 Å². The van der Waals surface area contributed by atoms with Gasteiger partial charge in [0.15, 0.2) is 5.78 Å². The Kier molecular flexibility index (Phi) is 5.93. The van der Waals surface area contributed by atoms with Crippen LogP contribution in [0.2, 0.25) is 0 Å². The topological polar surface area (TPSA) is 87.5 Å². The number of methoxy groups -OCH3 is 1. The minimum Gasteiger partial charge on any atom is -0.497 e. The molecule has 0 spiro atoms. The molecule has 0 aliphatic carbocycles. The van der Waals surface area contributed by atoms with Gasteiger partial charge in [-0.05, 0) is 37.3 Å². The van der Waals surface area contributed by atoms with E-state index in [0.29, 0.717) is 18.3 Å². The minimum atomic E-state index is -0.170. The van der Waals surface area contributed by atoms with Gasteiger partial charge in [-0.2, -0.15) is 4.98 Å². The Hall–Kier alpha value is -3.49. The summed E-state index contributed by atoms with van der Waals surface area (Å²) in [7, 11) is 1.64. The van der Waals surface area contributed by atoms with Crippen LogP contribution < -0.4 is 4.74 Å². The van der Waals surface area contributed by atoms with Crippen molar-refractivity contribution in [1.29, 1.82) is 0 Å². The highest BCUT2D eigenvalue weighted by atomic mass is 16.5. The van der Waals surface area contributed by atoms with Crippen LogP contribution >= 0.6 is 0 Å². The normalized spacial score (nSPS) is 16.2. The summed E-state index contributed by atoms with van der Waals surface area (Å²) in [6.07, 6.45) is 1.83. The first-order valence-corrected chi connectivity index (χ1v) is 11.2. The lowest BCUT2D eigenvalue weighted by atomic mass is 10.0. The van der Waals surface area contributed by atoms with E-state index < -0.39 is 0 Å². The lowest BCUT2D eigenvalue weighted by Gasteiger charge is -2.36. The molecule has 4 aromatic rings. The Morgan fingerprint density at radius 2 is 1.88 bits per heavy atom. The van der Waals surface area contributed by atoms with Crippen LogP contribution in [0.5, 0.6) is 5.75 Å². The van der Waals surface area contributed by atoms with E-state index in [9.17, 15) is 4.79 Å². The van der Waals surface area contributed by atoms with Crippen LogP contribution in [0, 0.1) is 0 Å². The Bertz CT molecular complexity index is 1240. The zero-order valence-corrected chi connectivity index (χ0v) is 18.8. The van der Waals surface area contributed by atoms with Crippen molar-refractivity contribution < 1.29 is 14.1 Å². The largest absolute Gasteiger partial charge is 0.497 e. The van der Waals surface area contributed by atoms with E-state index in [1.807, 2.05) is 61.7 Å². The smallest absolute Gasteiger partial charge is 0.241 e. The number of rotatable bonds is 7. The van der Waals surface area contributed by atoms with Gasteiger partial charge in [0.1, 0.15) is 5.75 Å². The first kappa shape index (κ1) is 21.4.